The van der Waals surface area contributed by atoms with E-state index in [2.05, 4.69) is 0 Å². The molecule has 0 aliphatic carbocycles. The van der Waals surface area contributed by atoms with E-state index in [1.807, 2.05) is 0 Å². The topological polar surface area (TPSA) is 248 Å². The summed E-state index contributed by atoms with van der Waals surface area (Å²) in [5, 5.41) is 99.8. The molecule has 3 saturated heterocycles. The standard InChI is InChI=1S/C18H32O15/c1-4-7(21)9(23)11(25)17(29-4)33-15-13(27)16(28)30-6(3-20)14(15)32-18-12(26)10(24)8(22)5(2-19)31-18/h4-28H,2-3H2,1H3/t4-,5+,6+,7-,8+,9+,10-,11+,12+,13+,14+,15+,16?,17-,18+/m0/s1. The first-order chi connectivity index (χ1) is 15.5. The molecule has 0 saturated carbocycles. The van der Waals surface area contributed by atoms with Crippen molar-refractivity contribution in [2.75, 3.05) is 13.2 Å². The fourth-order valence-electron chi connectivity index (χ4n) is 3.99. The number of aliphatic hydroxyl groups is 10. The van der Waals surface area contributed by atoms with Crippen LogP contribution >= 0.6 is 0 Å². The lowest BCUT2D eigenvalue weighted by atomic mass is 9.96. The fraction of sp³-hybridized carbons (Fsp3) is 1.00. The quantitative estimate of drug-likeness (QED) is 0.167. The molecule has 15 atom stereocenters. The normalized spacial score (nSPS) is 53.7. The van der Waals surface area contributed by atoms with Gasteiger partial charge in [-0.15, -0.1) is 0 Å². The minimum absolute atomic E-state index is 0.739. The van der Waals surface area contributed by atoms with Gasteiger partial charge in [0, 0.05) is 0 Å². The van der Waals surface area contributed by atoms with Crippen molar-refractivity contribution in [1.82, 2.24) is 0 Å². The van der Waals surface area contributed by atoms with Crippen molar-refractivity contribution in [3.63, 3.8) is 0 Å². The Balaban J connectivity index is 1.83. The summed E-state index contributed by atoms with van der Waals surface area (Å²) in [6.45, 7) is -0.127. The Bertz CT molecular complexity index is 624. The van der Waals surface area contributed by atoms with E-state index >= 15 is 0 Å². The van der Waals surface area contributed by atoms with Crippen LogP contribution in [-0.4, -0.2) is 156 Å². The molecular formula is C18H32O15. The molecule has 194 valence electrons. The highest BCUT2D eigenvalue weighted by Gasteiger charge is 2.53. The second-order valence-corrected chi connectivity index (χ2v) is 8.32. The van der Waals surface area contributed by atoms with Crippen LogP contribution in [0.1, 0.15) is 6.92 Å². The van der Waals surface area contributed by atoms with Crippen LogP contribution in [0.5, 0.6) is 0 Å². The lowest BCUT2D eigenvalue weighted by molar-refractivity contribution is -0.382. The van der Waals surface area contributed by atoms with E-state index in [-0.39, 0.29) is 0 Å². The fourth-order valence-corrected chi connectivity index (χ4v) is 3.99. The summed E-state index contributed by atoms with van der Waals surface area (Å²) in [6, 6.07) is 0. The smallest absolute Gasteiger partial charge is 0.187 e. The van der Waals surface area contributed by atoms with Crippen LogP contribution in [0.3, 0.4) is 0 Å². The maximum atomic E-state index is 10.5. The minimum Gasteiger partial charge on any atom is -0.394 e. The van der Waals surface area contributed by atoms with Gasteiger partial charge in [0.05, 0.1) is 19.3 Å². The molecule has 0 radical (unpaired) electrons. The third-order valence-electron chi connectivity index (χ3n) is 6.05. The second-order valence-electron chi connectivity index (χ2n) is 8.32. The Morgan fingerprint density at radius 1 is 0.545 bits per heavy atom. The molecule has 3 fully saturated rings. The summed E-state index contributed by atoms with van der Waals surface area (Å²) in [6.07, 6.45) is -24.0. The van der Waals surface area contributed by atoms with Crippen molar-refractivity contribution in [2.24, 2.45) is 0 Å². The number of aliphatic hydroxyl groups excluding tert-OH is 10. The largest absolute Gasteiger partial charge is 0.394 e. The third-order valence-corrected chi connectivity index (χ3v) is 6.05. The predicted molar refractivity (Wildman–Crippen MR) is 99.8 cm³/mol. The van der Waals surface area contributed by atoms with Crippen molar-refractivity contribution < 1.29 is 74.7 Å². The van der Waals surface area contributed by atoms with Gasteiger partial charge >= 0.3 is 0 Å². The molecule has 33 heavy (non-hydrogen) atoms. The minimum atomic E-state index is -1.88. The van der Waals surface area contributed by atoms with Crippen LogP contribution in [0.25, 0.3) is 0 Å². The number of ether oxygens (including phenoxy) is 5. The molecule has 0 bridgehead atoms. The molecule has 3 aliphatic heterocycles. The van der Waals surface area contributed by atoms with Crippen LogP contribution in [-0.2, 0) is 23.7 Å². The zero-order chi connectivity index (χ0) is 24.6. The number of hydrogen-bond donors (Lipinski definition) is 10. The number of hydrogen-bond acceptors (Lipinski definition) is 15. The van der Waals surface area contributed by atoms with Crippen LogP contribution in [0, 0.1) is 0 Å². The summed E-state index contributed by atoms with van der Waals surface area (Å²) in [7, 11) is 0. The van der Waals surface area contributed by atoms with E-state index in [4.69, 9.17) is 23.7 Å². The zero-order valence-corrected chi connectivity index (χ0v) is 17.6. The molecule has 10 N–H and O–H groups in total. The highest BCUT2D eigenvalue weighted by molar-refractivity contribution is 4.96. The van der Waals surface area contributed by atoms with E-state index in [1.165, 1.54) is 6.92 Å². The van der Waals surface area contributed by atoms with Crippen molar-refractivity contribution in [3.05, 3.63) is 0 Å². The van der Waals surface area contributed by atoms with Gasteiger partial charge in [-0.3, -0.25) is 0 Å². The maximum absolute atomic E-state index is 10.5. The molecule has 0 aromatic rings. The molecule has 3 rings (SSSR count). The maximum Gasteiger partial charge on any atom is 0.187 e. The van der Waals surface area contributed by atoms with Gasteiger partial charge < -0.3 is 74.7 Å². The lowest BCUT2D eigenvalue weighted by Crippen LogP contribution is -2.66. The Morgan fingerprint density at radius 2 is 1.06 bits per heavy atom. The van der Waals surface area contributed by atoms with Gasteiger partial charge in [-0.25, -0.2) is 0 Å². The molecule has 0 amide bonds. The first-order valence-corrected chi connectivity index (χ1v) is 10.4. The van der Waals surface area contributed by atoms with Crippen LogP contribution in [0.15, 0.2) is 0 Å². The van der Waals surface area contributed by atoms with Gasteiger partial charge in [0.15, 0.2) is 18.9 Å². The van der Waals surface area contributed by atoms with E-state index in [0.29, 0.717) is 0 Å². The SMILES string of the molecule is C[C@@H]1O[C@@H](O[C@H]2[C@H](O[C@H]3O[C@H](CO)[C@@H](O)[C@H](O)[C@H]3O)[C@@H](CO)OC(O)[C@@H]2O)[C@H](O)[C@H](O)[C@H]1O. The molecule has 15 nitrogen and oxygen atoms in total. The summed E-state index contributed by atoms with van der Waals surface area (Å²) < 4.78 is 26.9. The Hall–Kier alpha value is -0.600. The van der Waals surface area contributed by atoms with Gasteiger partial charge in [-0.2, -0.15) is 0 Å². The highest BCUT2D eigenvalue weighted by atomic mass is 16.8. The first kappa shape index (κ1) is 27.0. The van der Waals surface area contributed by atoms with Crippen LogP contribution in [0.2, 0.25) is 0 Å². The molecule has 15 heteroatoms. The summed E-state index contributed by atoms with van der Waals surface area (Å²) in [5.74, 6) is 0. The Labute approximate surface area is 187 Å². The molecule has 0 spiro atoms. The van der Waals surface area contributed by atoms with E-state index in [9.17, 15) is 51.1 Å². The molecular weight excluding hydrogens is 456 g/mol. The average Bonchev–Trinajstić information content (AvgIpc) is 2.80. The summed E-state index contributed by atoms with van der Waals surface area (Å²) in [5.41, 5.74) is 0. The predicted octanol–water partition coefficient (Wildman–Crippen LogP) is -6.55. The Kier molecular flexibility index (Phi) is 8.99. The van der Waals surface area contributed by atoms with Gasteiger partial charge in [-0.05, 0) is 6.92 Å². The lowest BCUT2D eigenvalue weighted by Gasteiger charge is -2.48. The van der Waals surface area contributed by atoms with Crippen LogP contribution < -0.4 is 0 Å². The first-order valence-electron chi connectivity index (χ1n) is 10.4. The number of rotatable bonds is 6. The second kappa shape index (κ2) is 11.0. The summed E-state index contributed by atoms with van der Waals surface area (Å²) in [4.78, 5) is 0. The van der Waals surface area contributed by atoms with E-state index < -0.39 is 105 Å². The van der Waals surface area contributed by atoms with Gasteiger partial charge in [0.2, 0.25) is 0 Å². The van der Waals surface area contributed by atoms with Crippen molar-refractivity contribution in [1.29, 1.82) is 0 Å². The Morgan fingerprint density at radius 3 is 1.64 bits per heavy atom. The van der Waals surface area contributed by atoms with Crippen LogP contribution in [0.4, 0.5) is 0 Å². The molecule has 1 unspecified atom stereocenters. The van der Waals surface area contributed by atoms with Gasteiger partial charge in [-0.1, -0.05) is 0 Å². The summed E-state index contributed by atoms with van der Waals surface area (Å²) >= 11 is 0. The van der Waals surface area contributed by atoms with Crippen molar-refractivity contribution in [2.45, 2.75) is 99.0 Å². The zero-order valence-electron chi connectivity index (χ0n) is 17.6. The van der Waals surface area contributed by atoms with Gasteiger partial charge in [0.25, 0.3) is 0 Å². The van der Waals surface area contributed by atoms with Gasteiger partial charge in [0.1, 0.15) is 67.1 Å². The van der Waals surface area contributed by atoms with Crippen molar-refractivity contribution in [3.8, 4) is 0 Å². The third kappa shape index (κ3) is 5.32. The highest BCUT2D eigenvalue weighted by Crippen LogP contribution is 2.32. The molecule has 3 heterocycles. The molecule has 0 aromatic carbocycles. The van der Waals surface area contributed by atoms with E-state index in [1.54, 1.807) is 0 Å². The monoisotopic (exact) mass is 488 g/mol. The average molecular weight is 488 g/mol. The molecule has 0 aromatic heterocycles. The molecule has 3 aliphatic rings. The van der Waals surface area contributed by atoms with E-state index in [0.717, 1.165) is 0 Å². The van der Waals surface area contributed by atoms with Crippen molar-refractivity contribution >= 4 is 0 Å².